The maximum atomic E-state index is 8.95. The molecule has 0 aliphatic carbocycles. The molecular formula is C22H31N5. The minimum Gasteiger partial charge on any atom is -0.368 e. The van der Waals surface area contributed by atoms with Gasteiger partial charge in [-0.1, -0.05) is 36.9 Å². The first kappa shape index (κ1) is 19.3. The second-order valence-corrected chi connectivity index (χ2v) is 7.61. The number of nitrogens with zero attached hydrogens (tertiary/aromatic N) is 4. The quantitative estimate of drug-likeness (QED) is 0.869. The average Bonchev–Trinajstić information content (AvgIpc) is 2.67. The number of nitrogens with one attached hydrogen (secondary N) is 1. The first-order chi connectivity index (χ1) is 13.0. The Labute approximate surface area is 163 Å². The fourth-order valence-electron chi connectivity index (χ4n) is 4.05. The summed E-state index contributed by atoms with van der Waals surface area (Å²) in [6.07, 6.45) is 0.549. The van der Waals surface area contributed by atoms with Crippen LogP contribution in [0.5, 0.6) is 0 Å². The number of nitriles is 1. The fraction of sp³-hybridized carbons (Fsp3) is 0.500. The predicted molar refractivity (Wildman–Crippen MR) is 111 cm³/mol. The van der Waals surface area contributed by atoms with Crippen molar-refractivity contribution in [2.75, 3.05) is 45.8 Å². The topological polar surface area (TPSA) is 45.5 Å². The van der Waals surface area contributed by atoms with Crippen LogP contribution in [0.3, 0.4) is 0 Å². The summed E-state index contributed by atoms with van der Waals surface area (Å²) in [5, 5.41) is 12.4. The number of rotatable bonds is 5. The van der Waals surface area contributed by atoms with E-state index in [0.29, 0.717) is 6.42 Å². The molecule has 1 aromatic rings. The van der Waals surface area contributed by atoms with E-state index in [9.17, 15) is 0 Å². The SMILES string of the molecule is C=C(c1ccc(C)cc1C)N1CCN(C(=C)N2CCNC(CC#N)C2)CC1. The van der Waals surface area contributed by atoms with Gasteiger partial charge in [-0.15, -0.1) is 0 Å². The van der Waals surface area contributed by atoms with Crippen LogP contribution >= 0.6 is 0 Å². The number of hydrogen-bond donors (Lipinski definition) is 1. The fourth-order valence-corrected chi connectivity index (χ4v) is 4.05. The zero-order valence-corrected chi connectivity index (χ0v) is 16.7. The van der Waals surface area contributed by atoms with Crippen molar-refractivity contribution in [2.24, 2.45) is 0 Å². The third-order valence-electron chi connectivity index (χ3n) is 5.68. The number of aryl methyl sites for hydroxylation is 2. The molecule has 0 aromatic heterocycles. The van der Waals surface area contributed by atoms with Crippen molar-refractivity contribution in [3.8, 4) is 6.07 Å². The monoisotopic (exact) mass is 365 g/mol. The summed E-state index contributed by atoms with van der Waals surface area (Å²) >= 11 is 0. The average molecular weight is 366 g/mol. The molecule has 2 aliphatic heterocycles. The molecule has 0 radical (unpaired) electrons. The van der Waals surface area contributed by atoms with E-state index in [4.69, 9.17) is 5.26 Å². The van der Waals surface area contributed by atoms with E-state index in [2.05, 4.69) is 71.3 Å². The van der Waals surface area contributed by atoms with Gasteiger partial charge in [-0.25, -0.2) is 0 Å². The van der Waals surface area contributed by atoms with Crippen LogP contribution in [0.25, 0.3) is 5.70 Å². The van der Waals surface area contributed by atoms with Crippen molar-refractivity contribution >= 4 is 5.70 Å². The van der Waals surface area contributed by atoms with Gasteiger partial charge in [0, 0.05) is 63.1 Å². The van der Waals surface area contributed by atoms with E-state index >= 15 is 0 Å². The van der Waals surface area contributed by atoms with Crippen LogP contribution in [0.1, 0.15) is 23.1 Å². The second-order valence-electron chi connectivity index (χ2n) is 7.61. The van der Waals surface area contributed by atoms with E-state index < -0.39 is 0 Å². The highest BCUT2D eigenvalue weighted by Gasteiger charge is 2.26. The van der Waals surface area contributed by atoms with Gasteiger partial charge in [0.25, 0.3) is 0 Å². The highest BCUT2D eigenvalue weighted by molar-refractivity contribution is 5.65. The molecule has 0 saturated carbocycles. The summed E-state index contributed by atoms with van der Waals surface area (Å²) < 4.78 is 0. The Hall–Kier alpha value is -2.45. The van der Waals surface area contributed by atoms with Gasteiger partial charge < -0.3 is 20.0 Å². The molecule has 5 nitrogen and oxygen atoms in total. The summed E-state index contributed by atoms with van der Waals surface area (Å²) in [6, 6.07) is 9.08. The Morgan fingerprint density at radius 2 is 1.81 bits per heavy atom. The van der Waals surface area contributed by atoms with E-state index in [1.165, 1.54) is 16.7 Å². The number of piperazine rings is 2. The zero-order chi connectivity index (χ0) is 19.4. The van der Waals surface area contributed by atoms with Gasteiger partial charge in [0.15, 0.2) is 0 Å². The second kappa shape index (κ2) is 8.49. The lowest BCUT2D eigenvalue weighted by atomic mass is 10.0. The van der Waals surface area contributed by atoms with Gasteiger partial charge in [0.1, 0.15) is 0 Å². The predicted octanol–water partition coefficient (Wildman–Crippen LogP) is 2.55. The number of benzene rings is 1. The van der Waals surface area contributed by atoms with Crippen LogP contribution in [0.2, 0.25) is 0 Å². The van der Waals surface area contributed by atoms with Crippen LogP contribution in [0.15, 0.2) is 37.2 Å². The molecule has 2 heterocycles. The van der Waals surface area contributed by atoms with Gasteiger partial charge in [0.05, 0.1) is 18.3 Å². The highest BCUT2D eigenvalue weighted by Crippen LogP contribution is 2.24. The van der Waals surface area contributed by atoms with Crippen LogP contribution < -0.4 is 5.32 Å². The molecule has 3 rings (SSSR count). The molecule has 1 atom stereocenters. The van der Waals surface area contributed by atoms with Crippen LogP contribution in [-0.4, -0.2) is 66.6 Å². The molecular weight excluding hydrogens is 334 g/mol. The molecule has 1 aromatic carbocycles. The first-order valence-corrected chi connectivity index (χ1v) is 9.80. The molecule has 0 amide bonds. The molecule has 1 unspecified atom stereocenters. The molecule has 1 N–H and O–H groups in total. The lowest BCUT2D eigenvalue weighted by Crippen LogP contribution is -2.54. The molecule has 27 heavy (non-hydrogen) atoms. The van der Waals surface area contributed by atoms with Crippen LogP contribution in [0, 0.1) is 25.2 Å². The Balaban J connectivity index is 1.56. The van der Waals surface area contributed by atoms with E-state index in [1.54, 1.807) is 0 Å². The first-order valence-electron chi connectivity index (χ1n) is 9.80. The normalized spacial score (nSPS) is 20.3. The molecule has 0 spiro atoms. The summed E-state index contributed by atoms with van der Waals surface area (Å²) in [5.74, 6) is 1.09. The van der Waals surface area contributed by atoms with Gasteiger partial charge >= 0.3 is 0 Å². The molecule has 2 aliphatic rings. The molecule has 5 heteroatoms. The lowest BCUT2D eigenvalue weighted by molar-refractivity contribution is 0.135. The minimum absolute atomic E-state index is 0.242. The number of hydrogen-bond acceptors (Lipinski definition) is 5. The maximum absolute atomic E-state index is 8.95. The van der Waals surface area contributed by atoms with Gasteiger partial charge in [-0.3, -0.25) is 0 Å². The van der Waals surface area contributed by atoms with Crippen molar-refractivity contribution in [3.05, 3.63) is 53.9 Å². The zero-order valence-electron chi connectivity index (χ0n) is 16.7. The Morgan fingerprint density at radius 3 is 2.48 bits per heavy atom. The Bertz CT molecular complexity index is 740. The third-order valence-corrected chi connectivity index (χ3v) is 5.68. The molecule has 2 fully saturated rings. The summed E-state index contributed by atoms with van der Waals surface area (Å²) in [7, 11) is 0. The van der Waals surface area contributed by atoms with Crippen molar-refractivity contribution in [3.63, 3.8) is 0 Å². The lowest BCUT2D eigenvalue weighted by Gasteiger charge is -2.44. The molecule has 144 valence electrons. The molecule has 2 saturated heterocycles. The van der Waals surface area contributed by atoms with Crippen molar-refractivity contribution in [1.82, 2.24) is 20.0 Å². The van der Waals surface area contributed by atoms with E-state index in [-0.39, 0.29) is 6.04 Å². The molecule has 0 bridgehead atoms. The largest absolute Gasteiger partial charge is 0.368 e. The summed E-state index contributed by atoms with van der Waals surface area (Å²) in [4.78, 5) is 7.09. The third kappa shape index (κ3) is 4.45. The van der Waals surface area contributed by atoms with Crippen LogP contribution in [-0.2, 0) is 0 Å². The van der Waals surface area contributed by atoms with Gasteiger partial charge in [0.2, 0.25) is 0 Å². The highest BCUT2D eigenvalue weighted by atomic mass is 15.4. The standard InChI is InChI=1S/C22H31N5/c1-17-5-6-22(18(2)15-17)19(3)25-11-13-26(14-12-25)20(4)27-10-9-24-21(16-27)7-8-23/h5-6,15,21,24H,3-4,7,9-14,16H2,1-2H3. The smallest absolute Gasteiger partial charge is 0.0967 e. The summed E-state index contributed by atoms with van der Waals surface area (Å²) in [5.41, 5.74) is 4.94. The van der Waals surface area contributed by atoms with Crippen molar-refractivity contribution in [1.29, 1.82) is 5.26 Å². The minimum atomic E-state index is 0.242. The van der Waals surface area contributed by atoms with Crippen LogP contribution in [0.4, 0.5) is 0 Å². The summed E-state index contributed by atoms with van der Waals surface area (Å²) in [6.45, 7) is 19.6. The van der Waals surface area contributed by atoms with Crippen molar-refractivity contribution in [2.45, 2.75) is 26.3 Å². The van der Waals surface area contributed by atoms with E-state index in [0.717, 1.165) is 57.3 Å². The van der Waals surface area contributed by atoms with Crippen molar-refractivity contribution < 1.29 is 0 Å². The Morgan fingerprint density at radius 1 is 1.11 bits per heavy atom. The Kier molecular flexibility index (Phi) is 6.08. The maximum Gasteiger partial charge on any atom is 0.0967 e. The van der Waals surface area contributed by atoms with E-state index in [1.807, 2.05) is 0 Å². The van der Waals surface area contributed by atoms with Gasteiger partial charge in [-0.05, 0) is 19.4 Å². The van der Waals surface area contributed by atoms with Gasteiger partial charge in [-0.2, -0.15) is 5.26 Å².